The lowest BCUT2D eigenvalue weighted by atomic mass is 9.86. The molecule has 0 unspecified atom stereocenters. The predicted octanol–water partition coefficient (Wildman–Crippen LogP) is 6.36. The Morgan fingerprint density at radius 3 is 2.37 bits per heavy atom. The maximum Gasteiger partial charge on any atom is 0.212 e. The zero-order valence-electron chi connectivity index (χ0n) is 22.1. The predicted molar refractivity (Wildman–Crippen MR) is 116 cm³/mol. The van der Waals surface area contributed by atoms with Crippen molar-refractivity contribution in [1.29, 1.82) is 0 Å². The molecular formula is C26H32N+. The van der Waals surface area contributed by atoms with Crippen LogP contribution in [0.2, 0.25) is 0 Å². The van der Waals surface area contributed by atoms with Crippen LogP contribution in [0.1, 0.15) is 49.9 Å². The van der Waals surface area contributed by atoms with E-state index in [0.717, 1.165) is 27.9 Å². The molecule has 1 nitrogen and oxygen atoms in total. The molecular weight excluding hydrogens is 326 g/mol. The minimum Gasteiger partial charge on any atom is -0.201 e. The van der Waals surface area contributed by atoms with Crippen LogP contribution < -0.4 is 4.57 Å². The molecule has 1 aromatic heterocycles. The summed E-state index contributed by atoms with van der Waals surface area (Å²) < 4.78 is 43.1. The van der Waals surface area contributed by atoms with Gasteiger partial charge in [-0.25, -0.2) is 4.57 Å². The molecule has 140 valence electrons. The lowest BCUT2D eigenvalue weighted by molar-refractivity contribution is -0.660. The molecule has 0 aliphatic carbocycles. The van der Waals surface area contributed by atoms with E-state index in [1.165, 1.54) is 0 Å². The standard InChI is InChI=1S/C26H32N/c1-18-10-8-9-11-23(18)21-13-12-19(2)24(15-21)25-14-20(3)22(17-27(25)7)16-26(4,5)6/h8-15,17H,16H2,1-7H3/q+1/i1D3,16D2. The highest BCUT2D eigenvalue weighted by Gasteiger charge is 2.20. The Kier molecular flexibility index (Phi) is 3.71. The van der Waals surface area contributed by atoms with Gasteiger partial charge in [-0.05, 0) is 66.4 Å². The van der Waals surface area contributed by atoms with Gasteiger partial charge < -0.3 is 0 Å². The van der Waals surface area contributed by atoms with Crippen molar-refractivity contribution in [1.82, 2.24) is 0 Å². The van der Waals surface area contributed by atoms with Crippen LogP contribution >= 0.6 is 0 Å². The van der Waals surface area contributed by atoms with Gasteiger partial charge >= 0.3 is 0 Å². The first kappa shape index (κ1) is 13.7. The van der Waals surface area contributed by atoms with E-state index in [0.29, 0.717) is 16.7 Å². The van der Waals surface area contributed by atoms with Crippen molar-refractivity contribution in [3.8, 4) is 22.4 Å². The largest absolute Gasteiger partial charge is 0.212 e. The van der Waals surface area contributed by atoms with Gasteiger partial charge in [0.1, 0.15) is 7.05 Å². The Labute approximate surface area is 171 Å². The first-order chi connectivity index (χ1) is 14.6. The number of benzene rings is 2. The van der Waals surface area contributed by atoms with Crippen molar-refractivity contribution in [2.45, 2.75) is 47.8 Å². The molecule has 0 N–H and O–H groups in total. The van der Waals surface area contributed by atoms with Crippen molar-refractivity contribution in [2.75, 3.05) is 0 Å². The molecule has 1 heterocycles. The van der Waals surface area contributed by atoms with E-state index in [1.807, 2.05) is 88.8 Å². The normalized spacial score (nSPS) is 15.4. The maximum absolute atomic E-state index is 8.70. The zero-order chi connectivity index (χ0) is 24.1. The molecule has 0 saturated heterocycles. The quantitative estimate of drug-likeness (QED) is 0.477. The number of aromatic nitrogens is 1. The second kappa shape index (κ2) is 7.31. The molecule has 3 aromatic rings. The number of rotatable bonds is 3. The molecule has 0 atom stereocenters. The van der Waals surface area contributed by atoms with E-state index in [9.17, 15) is 0 Å². The lowest BCUT2D eigenvalue weighted by Crippen LogP contribution is -2.32. The third-order valence-corrected chi connectivity index (χ3v) is 4.74. The minimum absolute atomic E-state index is 0.337. The first-order valence-corrected chi connectivity index (χ1v) is 9.36. The summed E-state index contributed by atoms with van der Waals surface area (Å²) >= 11 is 0. The molecule has 0 radical (unpaired) electrons. The monoisotopic (exact) mass is 363 g/mol. The Morgan fingerprint density at radius 1 is 0.926 bits per heavy atom. The molecule has 2 aromatic carbocycles. The molecule has 0 spiro atoms. The topological polar surface area (TPSA) is 3.88 Å². The van der Waals surface area contributed by atoms with Crippen LogP contribution in [0.25, 0.3) is 22.4 Å². The van der Waals surface area contributed by atoms with E-state index in [2.05, 4.69) is 0 Å². The van der Waals surface area contributed by atoms with Crippen LogP contribution in [0, 0.1) is 26.1 Å². The molecule has 0 aliphatic rings. The number of aryl methyl sites for hydroxylation is 4. The second-order valence-electron chi connectivity index (χ2n) is 8.32. The fourth-order valence-electron chi connectivity index (χ4n) is 3.35. The number of pyridine rings is 1. The number of hydrogen-bond donors (Lipinski definition) is 0. The summed E-state index contributed by atoms with van der Waals surface area (Å²) in [5.41, 5.74) is 5.95. The fraction of sp³-hybridized carbons (Fsp3) is 0.346. The van der Waals surface area contributed by atoms with Crippen LogP contribution in [-0.4, -0.2) is 0 Å². The van der Waals surface area contributed by atoms with Gasteiger partial charge in [-0.2, -0.15) is 0 Å². The highest BCUT2D eigenvalue weighted by Crippen LogP contribution is 2.31. The van der Waals surface area contributed by atoms with Gasteiger partial charge in [0.25, 0.3) is 0 Å². The third-order valence-electron chi connectivity index (χ3n) is 4.74. The molecule has 3 rings (SSSR count). The van der Waals surface area contributed by atoms with E-state index in [1.54, 1.807) is 12.1 Å². The molecule has 0 amide bonds. The summed E-state index contributed by atoms with van der Waals surface area (Å²) in [5, 5.41) is 0. The summed E-state index contributed by atoms with van der Waals surface area (Å²) in [7, 11) is 1.93. The SMILES string of the molecule is [2H]C([2H])([2H])c1ccccc1-c1ccc(C)c(-c2cc(C)c(C([2H])([2H])C(C)(C)C)c[n+]2C)c1. The van der Waals surface area contributed by atoms with Crippen LogP contribution in [-0.2, 0) is 13.4 Å². The summed E-state index contributed by atoms with van der Waals surface area (Å²) in [5.74, 6) is 0. The highest BCUT2D eigenvalue weighted by molar-refractivity contribution is 5.74. The molecule has 1 heteroatoms. The van der Waals surface area contributed by atoms with Crippen LogP contribution in [0.15, 0.2) is 54.7 Å². The van der Waals surface area contributed by atoms with Crippen molar-refractivity contribution in [3.63, 3.8) is 0 Å². The van der Waals surface area contributed by atoms with Crippen LogP contribution in [0.5, 0.6) is 0 Å². The van der Waals surface area contributed by atoms with Gasteiger partial charge in [0, 0.05) is 24.0 Å². The molecule has 0 saturated carbocycles. The summed E-state index contributed by atoms with van der Waals surface area (Å²) in [6, 6.07) is 15.2. The van der Waals surface area contributed by atoms with Gasteiger partial charge in [-0.1, -0.05) is 57.2 Å². The Balaban J connectivity index is 2.19. The van der Waals surface area contributed by atoms with E-state index < -0.39 is 18.6 Å². The van der Waals surface area contributed by atoms with Crippen molar-refractivity contribution < 1.29 is 11.4 Å². The third kappa shape index (κ3) is 4.30. The summed E-state index contributed by atoms with van der Waals surface area (Å²) in [6.45, 7) is 7.53. The van der Waals surface area contributed by atoms with Crippen molar-refractivity contribution in [3.05, 3.63) is 77.0 Å². The second-order valence-corrected chi connectivity index (χ2v) is 8.32. The average molecular weight is 364 g/mol. The smallest absolute Gasteiger partial charge is 0.201 e. The number of hydrogen-bond acceptors (Lipinski definition) is 0. The van der Waals surface area contributed by atoms with Crippen LogP contribution in [0.3, 0.4) is 0 Å². The lowest BCUT2D eigenvalue weighted by Gasteiger charge is -2.19. The average Bonchev–Trinajstić information content (AvgIpc) is 2.68. The number of nitrogens with zero attached hydrogens (tertiary/aromatic N) is 1. The Bertz CT molecular complexity index is 1150. The summed E-state index contributed by atoms with van der Waals surface area (Å²) in [6.07, 6.45) is 0.404. The molecule has 0 bridgehead atoms. The van der Waals surface area contributed by atoms with Gasteiger partial charge in [0.2, 0.25) is 5.69 Å². The van der Waals surface area contributed by atoms with Gasteiger partial charge in [0.05, 0.1) is 0 Å². The molecule has 27 heavy (non-hydrogen) atoms. The first-order valence-electron chi connectivity index (χ1n) is 11.9. The summed E-state index contributed by atoms with van der Waals surface area (Å²) in [4.78, 5) is 0. The van der Waals surface area contributed by atoms with Gasteiger partial charge in [-0.15, -0.1) is 0 Å². The van der Waals surface area contributed by atoms with E-state index in [4.69, 9.17) is 6.85 Å². The van der Waals surface area contributed by atoms with E-state index in [-0.39, 0.29) is 0 Å². The zero-order valence-corrected chi connectivity index (χ0v) is 17.1. The Morgan fingerprint density at radius 2 is 1.67 bits per heavy atom. The van der Waals surface area contributed by atoms with Crippen molar-refractivity contribution >= 4 is 0 Å². The highest BCUT2D eigenvalue weighted by atomic mass is 14.9. The maximum atomic E-state index is 8.70. The van der Waals surface area contributed by atoms with Crippen LogP contribution in [0.4, 0.5) is 0 Å². The fourth-order valence-corrected chi connectivity index (χ4v) is 3.35. The van der Waals surface area contributed by atoms with E-state index >= 15 is 0 Å². The van der Waals surface area contributed by atoms with Crippen molar-refractivity contribution in [2.24, 2.45) is 12.5 Å². The van der Waals surface area contributed by atoms with Gasteiger partial charge in [0.15, 0.2) is 6.20 Å². The molecule has 0 aliphatic heterocycles. The minimum atomic E-state index is -2.19. The Hall–Kier alpha value is -2.41. The van der Waals surface area contributed by atoms with Gasteiger partial charge in [-0.3, -0.25) is 0 Å². The molecule has 0 fully saturated rings.